The highest BCUT2D eigenvalue weighted by atomic mass is 16.6. The minimum Gasteiger partial charge on any atom is -0.488 e. The lowest BCUT2D eigenvalue weighted by molar-refractivity contribution is -0.155. The van der Waals surface area contributed by atoms with Crippen molar-refractivity contribution in [3.05, 3.63) is 48.0 Å². The molecule has 3 rings (SSSR count). The highest BCUT2D eigenvalue weighted by Crippen LogP contribution is 2.43. The van der Waals surface area contributed by atoms with E-state index in [0.717, 1.165) is 91.3 Å². The van der Waals surface area contributed by atoms with Gasteiger partial charge in [0.1, 0.15) is 24.7 Å². The van der Waals surface area contributed by atoms with E-state index in [1.54, 1.807) is 0 Å². The number of carbonyl (C=O) groups excluding carboxylic acids is 2. The Morgan fingerprint density at radius 1 is 0.527 bits per heavy atom. The van der Waals surface area contributed by atoms with E-state index in [4.69, 9.17) is 28.4 Å². The van der Waals surface area contributed by atoms with Gasteiger partial charge in [-0.3, -0.25) is 9.59 Å². The molecule has 0 saturated carbocycles. The summed E-state index contributed by atoms with van der Waals surface area (Å²) in [6, 6.07) is 14.3. The first-order chi connectivity index (χ1) is 26.8. The highest BCUT2D eigenvalue weighted by molar-refractivity contribution is 6.11. The average Bonchev–Trinajstić information content (AvgIpc) is 3.19. The molecule has 0 spiro atoms. The molecule has 3 aromatic rings. The second-order valence-corrected chi connectivity index (χ2v) is 15.2. The Labute approximate surface area is 332 Å². The van der Waals surface area contributed by atoms with Gasteiger partial charge < -0.3 is 28.4 Å². The monoisotopic (exact) mass is 765 g/mol. The molecule has 4 unspecified atom stereocenters. The molecule has 55 heavy (non-hydrogen) atoms. The summed E-state index contributed by atoms with van der Waals surface area (Å²) in [5.74, 6) is 1.90. The van der Waals surface area contributed by atoms with Crippen molar-refractivity contribution in [3.63, 3.8) is 0 Å². The summed E-state index contributed by atoms with van der Waals surface area (Å²) in [6.07, 6.45) is 12.1. The second kappa shape index (κ2) is 26.5. The topological polar surface area (TPSA) is 89.5 Å². The molecular weight excluding hydrogens is 693 g/mol. The second-order valence-electron chi connectivity index (χ2n) is 15.2. The molecule has 0 amide bonds. The maximum absolute atomic E-state index is 12.8. The van der Waals surface area contributed by atoms with E-state index < -0.39 is 12.2 Å². The van der Waals surface area contributed by atoms with Gasteiger partial charge in [0.15, 0.2) is 12.2 Å². The van der Waals surface area contributed by atoms with Gasteiger partial charge in [-0.2, -0.15) is 0 Å². The zero-order chi connectivity index (χ0) is 39.8. The van der Waals surface area contributed by atoms with Crippen LogP contribution in [0, 0.1) is 18.8 Å². The Balaban J connectivity index is 1.90. The molecule has 0 aromatic heterocycles. The minimum atomic E-state index is -0.556. The van der Waals surface area contributed by atoms with Crippen LogP contribution in [0.2, 0.25) is 0 Å². The highest BCUT2D eigenvalue weighted by Gasteiger charge is 2.23. The van der Waals surface area contributed by atoms with Crippen molar-refractivity contribution in [1.29, 1.82) is 0 Å². The van der Waals surface area contributed by atoms with E-state index in [2.05, 4.69) is 66.7 Å². The van der Waals surface area contributed by atoms with Crippen LogP contribution in [-0.4, -0.2) is 63.8 Å². The van der Waals surface area contributed by atoms with Crippen LogP contribution in [0.4, 0.5) is 0 Å². The van der Waals surface area contributed by atoms with Gasteiger partial charge in [0, 0.05) is 47.6 Å². The first-order valence-electron chi connectivity index (χ1n) is 21.5. The molecule has 0 aliphatic heterocycles. The third kappa shape index (κ3) is 16.0. The van der Waals surface area contributed by atoms with E-state index in [1.165, 1.54) is 12.8 Å². The summed E-state index contributed by atoms with van der Waals surface area (Å²) in [5, 5.41) is 3.54. The molecule has 8 nitrogen and oxygen atoms in total. The maximum Gasteiger partial charge on any atom is 0.306 e. The molecule has 0 N–H and O–H groups in total. The van der Waals surface area contributed by atoms with Crippen molar-refractivity contribution in [2.24, 2.45) is 11.8 Å². The molecule has 0 bridgehead atoms. The summed E-state index contributed by atoms with van der Waals surface area (Å²) >= 11 is 0. The average molecular weight is 765 g/mol. The number of esters is 2. The molecular formula is C47H72O8. The zero-order valence-corrected chi connectivity index (χ0v) is 35.3. The van der Waals surface area contributed by atoms with Gasteiger partial charge in [-0.15, -0.1) is 0 Å². The Bertz CT molecular complexity index is 1540. The molecule has 4 atom stereocenters. The van der Waals surface area contributed by atoms with Gasteiger partial charge in [0.2, 0.25) is 0 Å². The molecule has 0 fully saturated rings. The van der Waals surface area contributed by atoms with Crippen molar-refractivity contribution in [2.45, 2.75) is 151 Å². The summed E-state index contributed by atoms with van der Waals surface area (Å²) in [6.45, 7) is 17.1. The van der Waals surface area contributed by atoms with Crippen LogP contribution in [0.5, 0.6) is 11.5 Å². The fourth-order valence-electron chi connectivity index (χ4n) is 6.77. The smallest absolute Gasteiger partial charge is 0.306 e. The number of hydrogen-bond acceptors (Lipinski definition) is 8. The molecule has 0 saturated heterocycles. The quantitative estimate of drug-likeness (QED) is 0.0490. The number of ether oxygens (including phenoxy) is 6. The largest absolute Gasteiger partial charge is 0.488 e. The van der Waals surface area contributed by atoms with Crippen LogP contribution in [0.3, 0.4) is 0 Å². The molecule has 0 aliphatic carbocycles. The lowest BCUT2D eigenvalue weighted by atomic mass is 9.99. The van der Waals surface area contributed by atoms with Gasteiger partial charge in [-0.05, 0) is 50.5 Å². The van der Waals surface area contributed by atoms with Crippen LogP contribution in [0.1, 0.15) is 137 Å². The van der Waals surface area contributed by atoms with E-state index in [9.17, 15) is 9.59 Å². The third-order valence-corrected chi connectivity index (χ3v) is 10.4. The Morgan fingerprint density at radius 2 is 0.964 bits per heavy atom. The van der Waals surface area contributed by atoms with Gasteiger partial charge in [-0.25, -0.2) is 0 Å². The van der Waals surface area contributed by atoms with Crippen LogP contribution in [-0.2, 0) is 28.5 Å². The van der Waals surface area contributed by atoms with Crippen molar-refractivity contribution in [2.75, 3.05) is 39.6 Å². The Kier molecular flexibility index (Phi) is 22.2. The van der Waals surface area contributed by atoms with E-state index in [-0.39, 0.29) is 38.4 Å². The number of unbranched alkanes of at least 4 members (excludes halogenated alkanes) is 4. The summed E-state index contributed by atoms with van der Waals surface area (Å²) < 4.78 is 37.7. The maximum atomic E-state index is 12.8. The number of benzene rings is 3. The van der Waals surface area contributed by atoms with Gasteiger partial charge in [0.25, 0.3) is 0 Å². The summed E-state index contributed by atoms with van der Waals surface area (Å²) in [7, 11) is 0. The van der Waals surface area contributed by atoms with Crippen LogP contribution in [0.25, 0.3) is 21.5 Å². The molecule has 0 radical (unpaired) electrons. The number of rotatable bonds is 30. The Morgan fingerprint density at radius 3 is 1.40 bits per heavy atom. The number of aryl methyl sites for hydroxylation is 1. The zero-order valence-electron chi connectivity index (χ0n) is 35.3. The van der Waals surface area contributed by atoms with Crippen LogP contribution >= 0.6 is 0 Å². The lowest BCUT2D eigenvalue weighted by Crippen LogP contribution is -2.31. The third-order valence-electron chi connectivity index (χ3n) is 10.4. The number of fused-ring (bicyclic) bond motifs is 2. The van der Waals surface area contributed by atoms with Gasteiger partial charge >= 0.3 is 11.9 Å². The SMILES string of the molecule is CCCCC(=O)OC(COCC(CC)CCCC)COc1c2ccccc2c(OCC(COCC(CC)CCCC)OC(=O)CCCC)c2cc(C)ccc12. The fraction of sp³-hybridized carbons (Fsp3) is 0.660. The molecule has 308 valence electrons. The summed E-state index contributed by atoms with van der Waals surface area (Å²) in [4.78, 5) is 25.7. The fourth-order valence-corrected chi connectivity index (χ4v) is 6.77. The summed E-state index contributed by atoms with van der Waals surface area (Å²) in [5.41, 5.74) is 1.08. The van der Waals surface area contributed by atoms with Crippen molar-refractivity contribution in [3.8, 4) is 11.5 Å². The van der Waals surface area contributed by atoms with E-state index >= 15 is 0 Å². The van der Waals surface area contributed by atoms with Crippen LogP contribution in [0.15, 0.2) is 42.5 Å². The van der Waals surface area contributed by atoms with Crippen molar-refractivity contribution < 1.29 is 38.0 Å². The molecule has 0 aliphatic rings. The number of carbonyl (C=O) groups is 2. The van der Waals surface area contributed by atoms with E-state index in [1.807, 2.05) is 24.3 Å². The van der Waals surface area contributed by atoms with Gasteiger partial charge in [-0.1, -0.05) is 135 Å². The lowest BCUT2D eigenvalue weighted by Gasteiger charge is -2.24. The Hall–Kier alpha value is -3.36. The van der Waals surface area contributed by atoms with E-state index in [0.29, 0.717) is 49.4 Å². The van der Waals surface area contributed by atoms with Crippen molar-refractivity contribution >= 4 is 33.5 Å². The first-order valence-corrected chi connectivity index (χ1v) is 21.5. The predicted octanol–water partition coefficient (Wildman–Crippen LogP) is 11.7. The van der Waals surface area contributed by atoms with Gasteiger partial charge in [0.05, 0.1) is 13.2 Å². The standard InChI is InChI=1S/C47H72O8/c1-8-14-20-36(12-5)29-50-31-38(54-44(48)24-16-10-3)33-52-46-40-22-18-19-23-41(40)47(43-28-35(7)26-27-42(43)46)53-34-39(55-45(49)25-17-11-4)32-51-30-37(13-6)21-15-9-2/h18-19,22-23,26-28,36-39H,8-17,20-21,24-25,29-34H2,1-7H3. The molecule has 8 heteroatoms. The minimum absolute atomic E-state index is 0.154. The first kappa shape index (κ1) is 46.0. The normalized spacial score (nSPS) is 13.7. The molecule has 0 heterocycles. The number of hydrogen-bond donors (Lipinski definition) is 0. The molecule has 3 aromatic carbocycles. The van der Waals surface area contributed by atoms with Crippen molar-refractivity contribution in [1.82, 2.24) is 0 Å². The van der Waals surface area contributed by atoms with Crippen LogP contribution < -0.4 is 9.47 Å². The predicted molar refractivity (Wildman–Crippen MR) is 224 cm³/mol.